The van der Waals surface area contributed by atoms with E-state index in [0.29, 0.717) is 5.92 Å². The predicted molar refractivity (Wildman–Crippen MR) is 74.5 cm³/mol. The van der Waals surface area contributed by atoms with E-state index >= 15 is 0 Å². The van der Waals surface area contributed by atoms with E-state index in [9.17, 15) is 4.79 Å². The maximum absolute atomic E-state index is 12.1. The van der Waals surface area contributed by atoms with Crippen LogP contribution in [0.15, 0.2) is 6.20 Å². The Morgan fingerprint density at radius 3 is 3.05 bits per heavy atom. The highest BCUT2D eigenvalue weighted by molar-refractivity contribution is 5.81. The molecule has 0 aliphatic heterocycles. The van der Waals surface area contributed by atoms with E-state index in [1.165, 1.54) is 5.69 Å². The zero-order valence-corrected chi connectivity index (χ0v) is 12.0. The van der Waals surface area contributed by atoms with Crippen molar-refractivity contribution in [1.82, 2.24) is 15.1 Å². The second-order valence-corrected chi connectivity index (χ2v) is 5.86. The fourth-order valence-electron chi connectivity index (χ4n) is 2.75. The Morgan fingerprint density at radius 2 is 2.37 bits per heavy atom. The summed E-state index contributed by atoms with van der Waals surface area (Å²) < 4.78 is 1.90. The number of fused-ring (bicyclic) bond motifs is 1. The van der Waals surface area contributed by atoms with Crippen molar-refractivity contribution >= 4 is 5.91 Å². The third-order valence-corrected chi connectivity index (χ3v) is 3.75. The zero-order valence-electron chi connectivity index (χ0n) is 12.0. The fraction of sp³-hybridized carbons (Fsp3) is 0.714. The Hall–Kier alpha value is -1.36. The first kappa shape index (κ1) is 14.1. The summed E-state index contributed by atoms with van der Waals surface area (Å²) in [4.78, 5) is 12.1. The molecule has 2 rings (SSSR count). The van der Waals surface area contributed by atoms with Gasteiger partial charge in [-0.3, -0.25) is 9.48 Å². The largest absolute Gasteiger partial charge is 0.348 e. The van der Waals surface area contributed by atoms with E-state index in [0.717, 1.165) is 31.2 Å². The van der Waals surface area contributed by atoms with Gasteiger partial charge in [0.15, 0.2) is 0 Å². The summed E-state index contributed by atoms with van der Waals surface area (Å²) in [7, 11) is 1.95. The Bertz CT molecular complexity index is 452. The third kappa shape index (κ3) is 3.15. The first-order chi connectivity index (χ1) is 8.99. The van der Waals surface area contributed by atoms with Gasteiger partial charge < -0.3 is 11.1 Å². The van der Waals surface area contributed by atoms with Gasteiger partial charge in [0.25, 0.3) is 0 Å². The molecule has 19 heavy (non-hydrogen) atoms. The first-order valence-electron chi connectivity index (χ1n) is 7.05. The maximum Gasteiger partial charge on any atom is 0.237 e. The van der Waals surface area contributed by atoms with Crippen LogP contribution < -0.4 is 11.1 Å². The van der Waals surface area contributed by atoms with Crippen molar-refractivity contribution in [2.75, 3.05) is 0 Å². The molecule has 0 saturated carbocycles. The van der Waals surface area contributed by atoms with Crippen molar-refractivity contribution in [2.24, 2.45) is 18.7 Å². The molecule has 3 N–H and O–H groups in total. The van der Waals surface area contributed by atoms with E-state index in [1.54, 1.807) is 0 Å². The number of aryl methyl sites for hydroxylation is 1. The molecule has 1 heterocycles. The summed E-state index contributed by atoms with van der Waals surface area (Å²) >= 11 is 0. The van der Waals surface area contributed by atoms with Gasteiger partial charge in [-0.2, -0.15) is 5.10 Å². The number of nitrogens with two attached hydrogens (primary N) is 1. The lowest BCUT2D eigenvalue weighted by molar-refractivity contribution is -0.123. The van der Waals surface area contributed by atoms with Crippen LogP contribution in [0.25, 0.3) is 0 Å². The second-order valence-electron chi connectivity index (χ2n) is 5.86. The minimum Gasteiger partial charge on any atom is -0.348 e. The minimum atomic E-state index is -0.415. The van der Waals surface area contributed by atoms with E-state index in [1.807, 2.05) is 17.9 Å². The van der Waals surface area contributed by atoms with Crippen molar-refractivity contribution in [3.05, 3.63) is 17.5 Å². The molecule has 1 aliphatic rings. The smallest absolute Gasteiger partial charge is 0.237 e. The minimum absolute atomic E-state index is 0.0459. The highest BCUT2D eigenvalue weighted by atomic mass is 16.2. The number of nitrogens with zero attached hydrogens (tertiary/aromatic N) is 2. The molecule has 2 unspecified atom stereocenters. The molecular weight excluding hydrogens is 240 g/mol. The number of amides is 1. The Balaban J connectivity index is 2.02. The van der Waals surface area contributed by atoms with Crippen molar-refractivity contribution in [3.8, 4) is 0 Å². The molecule has 1 aromatic heterocycles. The standard InChI is InChI=1S/C14H24N4O/c1-9(2)7-11(15)14(19)17-12-5-4-6-13-10(12)8-16-18(13)3/h8-9,11-12H,4-7,15H2,1-3H3,(H,17,19). The SMILES string of the molecule is CC(C)CC(N)C(=O)NC1CCCc2c1cnn2C. The normalized spacial score (nSPS) is 20.2. The number of hydrogen-bond acceptors (Lipinski definition) is 3. The van der Waals surface area contributed by atoms with Gasteiger partial charge >= 0.3 is 0 Å². The third-order valence-electron chi connectivity index (χ3n) is 3.75. The summed E-state index contributed by atoms with van der Waals surface area (Å²) in [5.74, 6) is 0.386. The van der Waals surface area contributed by atoms with Crippen molar-refractivity contribution in [2.45, 2.75) is 51.6 Å². The molecule has 0 bridgehead atoms. The molecule has 1 aliphatic carbocycles. The first-order valence-corrected chi connectivity index (χ1v) is 7.05. The number of nitrogens with one attached hydrogen (secondary N) is 1. The molecule has 0 saturated heterocycles. The highest BCUT2D eigenvalue weighted by Crippen LogP contribution is 2.29. The molecule has 0 fully saturated rings. The zero-order chi connectivity index (χ0) is 14.0. The monoisotopic (exact) mass is 264 g/mol. The van der Waals surface area contributed by atoms with E-state index in [2.05, 4.69) is 24.3 Å². The van der Waals surface area contributed by atoms with Crippen LogP contribution in [0.2, 0.25) is 0 Å². The van der Waals surface area contributed by atoms with Crippen LogP contribution in [0.3, 0.4) is 0 Å². The molecule has 1 aromatic rings. The highest BCUT2D eigenvalue weighted by Gasteiger charge is 2.26. The number of hydrogen-bond donors (Lipinski definition) is 2. The molecule has 5 nitrogen and oxygen atoms in total. The van der Waals surface area contributed by atoms with Gasteiger partial charge in [-0.1, -0.05) is 13.8 Å². The number of rotatable bonds is 4. The average Bonchev–Trinajstić information content (AvgIpc) is 2.71. The number of aromatic nitrogens is 2. The second kappa shape index (κ2) is 5.74. The van der Waals surface area contributed by atoms with Crippen LogP contribution in [0.5, 0.6) is 0 Å². The van der Waals surface area contributed by atoms with Crippen molar-refractivity contribution < 1.29 is 4.79 Å². The maximum atomic E-state index is 12.1. The van der Waals surface area contributed by atoms with E-state index < -0.39 is 6.04 Å². The Kier molecular flexibility index (Phi) is 4.24. The van der Waals surface area contributed by atoms with Gasteiger partial charge in [-0.05, 0) is 31.6 Å². The van der Waals surface area contributed by atoms with Gasteiger partial charge in [-0.25, -0.2) is 0 Å². The number of carbonyl (C=O) groups excluding carboxylic acids is 1. The Labute approximate surface area is 114 Å². The lowest BCUT2D eigenvalue weighted by atomic mass is 9.92. The number of carbonyl (C=O) groups is 1. The average molecular weight is 264 g/mol. The Morgan fingerprint density at radius 1 is 1.63 bits per heavy atom. The lowest BCUT2D eigenvalue weighted by Crippen LogP contribution is -2.43. The van der Waals surface area contributed by atoms with Gasteiger partial charge in [0.1, 0.15) is 0 Å². The van der Waals surface area contributed by atoms with Crippen molar-refractivity contribution in [3.63, 3.8) is 0 Å². The molecule has 106 valence electrons. The lowest BCUT2D eigenvalue weighted by Gasteiger charge is -2.25. The van der Waals surface area contributed by atoms with Crippen LogP contribution in [0.1, 0.15) is 50.4 Å². The quantitative estimate of drug-likeness (QED) is 0.860. The fourth-order valence-corrected chi connectivity index (χ4v) is 2.75. The molecule has 0 aromatic carbocycles. The van der Waals surface area contributed by atoms with Crippen LogP contribution in [-0.4, -0.2) is 21.7 Å². The van der Waals surface area contributed by atoms with Crippen LogP contribution in [-0.2, 0) is 18.3 Å². The molecular formula is C14H24N4O. The van der Waals surface area contributed by atoms with Gasteiger partial charge in [0.05, 0.1) is 18.3 Å². The summed E-state index contributed by atoms with van der Waals surface area (Å²) in [6.45, 7) is 4.15. The van der Waals surface area contributed by atoms with E-state index in [-0.39, 0.29) is 11.9 Å². The molecule has 0 spiro atoms. The van der Waals surface area contributed by atoms with Gasteiger partial charge in [0.2, 0.25) is 5.91 Å². The topological polar surface area (TPSA) is 72.9 Å². The van der Waals surface area contributed by atoms with Crippen LogP contribution in [0.4, 0.5) is 0 Å². The molecule has 1 amide bonds. The van der Waals surface area contributed by atoms with Gasteiger partial charge in [0, 0.05) is 18.3 Å². The van der Waals surface area contributed by atoms with Crippen LogP contribution >= 0.6 is 0 Å². The molecule has 0 radical (unpaired) electrons. The summed E-state index contributed by atoms with van der Waals surface area (Å²) in [5, 5.41) is 7.36. The predicted octanol–water partition coefficient (Wildman–Crippen LogP) is 1.29. The molecule has 5 heteroatoms. The molecule has 2 atom stereocenters. The summed E-state index contributed by atoms with van der Waals surface area (Å²) in [6, 6.07) is -0.342. The van der Waals surface area contributed by atoms with Gasteiger partial charge in [-0.15, -0.1) is 0 Å². The summed E-state index contributed by atoms with van der Waals surface area (Å²) in [5.41, 5.74) is 8.31. The van der Waals surface area contributed by atoms with Crippen LogP contribution in [0, 0.1) is 5.92 Å². The summed E-state index contributed by atoms with van der Waals surface area (Å²) in [6.07, 6.45) is 5.68. The van der Waals surface area contributed by atoms with Crippen molar-refractivity contribution in [1.29, 1.82) is 0 Å². The van der Waals surface area contributed by atoms with E-state index in [4.69, 9.17) is 5.73 Å².